The van der Waals surface area contributed by atoms with Gasteiger partial charge in [0.25, 0.3) is 0 Å². The number of halogens is 1. The first-order valence-corrected chi connectivity index (χ1v) is 13.2. The quantitative estimate of drug-likeness (QED) is 0.234. The molecule has 0 amide bonds. The number of carbonyl (C=O) groups excluding carboxylic acids is 3. The summed E-state index contributed by atoms with van der Waals surface area (Å²) in [7, 11) is 1.52. The summed E-state index contributed by atoms with van der Waals surface area (Å²) in [4.78, 5) is 45.6. The Morgan fingerprint density at radius 2 is 1.52 bits per heavy atom. The van der Waals surface area contributed by atoms with Gasteiger partial charge < -0.3 is 9.64 Å². The lowest BCUT2D eigenvalue weighted by Crippen LogP contribution is -2.48. The molecule has 4 aromatic carbocycles. The highest BCUT2D eigenvalue weighted by Crippen LogP contribution is 2.61. The fourth-order valence-corrected chi connectivity index (χ4v) is 6.94. The van der Waals surface area contributed by atoms with Crippen molar-refractivity contribution in [1.29, 1.82) is 0 Å². The molecule has 5 nitrogen and oxygen atoms in total. The number of ether oxygens (including phenoxy) is 1. The molecule has 0 aromatic heterocycles. The number of para-hydroxylation sites is 1. The van der Waals surface area contributed by atoms with Crippen LogP contribution in [0, 0.1) is 11.2 Å². The summed E-state index contributed by atoms with van der Waals surface area (Å²) in [6.45, 7) is 0. The minimum atomic E-state index is -1.74. The molecule has 1 fully saturated rings. The van der Waals surface area contributed by atoms with Crippen molar-refractivity contribution in [3.63, 3.8) is 0 Å². The van der Waals surface area contributed by atoms with E-state index >= 15 is 4.39 Å². The molecule has 3 unspecified atom stereocenters. The maximum Gasteiger partial charge on any atom is 0.186 e. The SMILES string of the molecule is COc1cccc(C(=O)C2C(c3ccccc3F)C3(C(=O)c4ccccc4C3=O)C3C=Cc4ccccc4N23)c1. The Hall–Kier alpha value is -4.84. The van der Waals surface area contributed by atoms with Gasteiger partial charge in [-0.1, -0.05) is 84.9 Å². The van der Waals surface area contributed by atoms with Gasteiger partial charge in [-0.15, -0.1) is 0 Å². The molecule has 2 aliphatic heterocycles. The first kappa shape index (κ1) is 24.2. The molecule has 0 N–H and O–H groups in total. The van der Waals surface area contributed by atoms with Crippen LogP contribution in [-0.2, 0) is 0 Å². The van der Waals surface area contributed by atoms with Crippen LogP contribution in [-0.4, -0.2) is 36.5 Å². The summed E-state index contributed by atoms with van der Waals surface area (Å²) in [5.74, 6) is -2.26. The first-order valence-electron chi connectivity index (χ1n) is 13.2. The van der Waals surface area contributed by atoms with E-state index in [0.717, 1.165) is 5.56 Å². The Kier molecular flexibility index (Phi) is 5.36. The van der Waals surface area contributed by atoms with E-state index in [0.29, 0.717) is 28.1 Å². The van der Waals surface area contributed by atoms with Crippen LogP contribution in [0.2, 0.25) is 0 Å². The van der Waals surface area contributed by atoms with E-state index in [4.69, 9.17) is 4.74 Å². The molecule has 6 heteroatoms. The lowest BCUT2D eigenvalue weighted by Gasteiger charge is -2.37. The molecule has 0 bridgehead atoms. The summed E-state index contributed by atoms with van der Waals surface area (Å²) >= 11 is 0. The molecular formula is C34H24FNO4. The first-order chi connectivity index (χ1) is 19.5. The molecule has 3 atom stereocenters. The Balaban J connectivity index is 1.56. The topological polar surface area (TPSA) is 63.7 Å². The molecule has 3 aliphatic rings. The largest absolute Gasteiger partial charge is 0.497 e. The highest BCUT2D eigenvalue weighted by molar-refractivity contribution is 6.32. The summed E-state index contributed by atoms with van der Waals surface area (Å²) < 4.78 is 21.2. The Morgan fingerprint density at radius 1 is 0.850 bits per heavy atom. The van der Waals surface area contributed by atoms with Crippen molar-refractivity contribution in [2.45, 2.75) is 18.0 Å². The maximum absolute atomic E-state index is 15.8. The number of nitrogens with zero attached hydrogens (tertiary/aromatic N) is 1. The summed E-state index contributed by atoms with van der Waals surface area (Å²) in [5, 5.41) is 0. The standard InChI is InChI=1S/C34H24FNO4/c1-40-22-11-8-10-21(19-22)31(37)30-29(25-14-5-6-15-26(25)35)34(32(38)23-12-3-4-13-24(23)33(34)39)28-18-17-20-9-2-7-16-27(20)36(28)30/h2-19,28-30H,1H3. The van der Waals surface area contributed by atoms with Crippen molar-refractivity contribution >= 4 is 29.1 Å². The minimum Gasteiger partial charge on any atom is -0.497 e. The average molecular weight is 530 g/mol. The minimum absolute atomic E-state index is 0.165. The van der Waals surface area contributed by atoms with E-state index in [1.54, 1.807) is 66.7 Å². The summed E-state index contributed by atoms with van der Waals surface area (Å²) in [5.41, 5.74) is 0.941. The highest BCUT2D eigenvalue weighted by atomic mass is 19.1. The zero-order chi connectivity index (χ0) is 27.6. The zero-order valence-corrected chi connectivity index (χ0v) is 21.6. The number of methoxy groups -OCH3 is 1. The average Bonchev–Trinajstić information content (AvgIpc) is 3.43. The molecular weight excluding hydrogens is 505 g/mol. The van der Waals surface area contributed by atoms with E-state index in [1.807, 2.05) is 41.3 Å². The van der Waals surface area contributed by atoms with E-state index < -0.39 is 29.2 Å². The predicted octanol–water partition coefficient (Wildman–Crippen LogP) is 6.15. The molecule has 2 heterocycles. The molecule has 1 saturated heterocycles. The lowest BCUT2D eigenvalue weighted by atomic mass is 9.64. The number of Topliss-reactive ketones (excluding diaryl/α,β-unsaturated/α-hetero) is 3. The molecule has 7 rings (SSSR count). The van der Waals surface area contributed by atoms with Crippen molar-refractivity contribution < 1.29 is 23.5 Å². The van der Waals surface area contributed by atoms with Gasteiger partial charge in [-0.25, -0.2) is 4.39 Å². The number of hydrogen-bond donors (Lipinski definition) is 0. The normalized spacial score (nSPS) is 21.8. The molecule has 1 spiro atoms. The molecule has 4 aromatic rings. The fraction of sp³-hybridized carbons (Fsp3) is 0.147. The van der Waals surface area contributed by atoms with Gasteiger partial charge in [0, 0.05) is 28.3 Å². The smallest absolute Gasteiger partial charge is 0.186 e. The second-order valence-corrected chi connectivity index (χ2v) is 10.4. The van der Waals surface area contributed by atoms with Gasteiger partial charge in [-0.05, 0) is 35.4 Å². The van der Waals surface area contributed by atoms with Gasteiger partial charge in [0.15, 0.2) is 17.3 Å². The van der Waals surface area contributed by atoms with Crippen LogP contribution >= 0.6 is 0 Å². The zero-order valence-electron chi connectivity index (χ0n) is 21.6. The Morgan fingerprint density at radius 3 is 2.25 bits per heavy atom. The van der Waals surface area contributed by atoms with E-state index in [-0.39, 0.29) is 22.9 Å². The van der Waals surface area contributed by atoms with Crippen molar-refractivity contribution in [3.05, 3.63) is 137 Å². The molecule has 196 valence electrons. The third-order valence-corrected chi connectivity index (χ3v) is 8.58. The van der Waals surface area contributed by atoms with Crippen LogP contribution in [0.5, 0.6) is 5.75 Å². The number of rotatable bonds is 4. The van der Waals surface area contributed by atoms with Gasteiger partial charge >= 0.3 is 0 Å². The van der Waals surface area contributed by atoms with Gasteiger partial charge in [0.1, 0.15) is 23.0 Å². The van der Waals surface area contributed by atoms with Gasteiger partial charge in [-0.3, -0.25) is 14.4 Å². The third kappa shape index (κ3) is 3.10. The maximum atomic E-state index is 15.8. The van der Waals surface area contributed by atoms with Crippen LogP contribution in [0.15, 0.2) is 103 Å². The monoisotopic (exact) mass is 529 g/mol. The number of hydrogen-bond acceptors (Lipinski definition) is 5. The van der Waals surface area contributed by atoms with Crippen molar-refractivity contribution in [2.24, 2.45) is 5.41 Å². The highest BCUT2D eigenvalue weighted by Gasteiger charge is 2.71. The van der Waals surface area contributed by atoms with E-state index in [2.05, 4.69) is 0 Å². The van der Waals surface area contributed by atoms with Crippen molar-refractivity contribution in [1.82, 2.24) is 0 Å². The van der Waals surface area contributed by atoms with Gasteiger partial charge in [0.2, 0.25) is 0 Å². The summed E-state index contributed by atoms with van der Waals surface area (Å²) in [6, 6.07) is 25.4. The second kappa shape index (κ2) is 8.85. The molecule has 0 saturated carbocycles. The number of carbonyl (C=O) groups is 3. The number of benzene rings is 4. The van der Waals surface area contributed by atoms with Crippen LogP contribution in [0.1, 0.15) is 48.1 Å². The fourth-order valence-electron chi connectivity index (χ4n) is 6.94. The number of ketones is 3. The van der Waals surface area contributed by atoms with Crippen molar-refractivity contribution in [2.75, 3.05) is 12.0 Å². The van der Waals surface area contributed by atoms with Crippen LogP contribution in [0.3, 0.4) is 0 Å². The third-order valence-electron chi connectivity index (χ3n) is 8.58. The Bertz CT molecular complexity index is 1720. The molecule has 0 radical (unpaired) electrons. The number of anilines is 1. The second-order valence-electron chi connectivity index (χ2n) is 10.4. The van der Waals surface area contributed by atoms with Crippen molar-refractivity contribution in [3.8, 4) is 5.75 Å². The van der Waals surface area contributed by atoms with Gasteiger partial charge in [-0.2, -0.15) is 0 Å². The lowest BCUT2D eigenvalue weighted by molar-refractivity contribution is 0.0664. The van der Waals surface area contributed by atoms with Crippen LogP contribution < -0.4 is 9.64 Å². The summed E-state index contributed by atoms with van der Waals surface area (Å²) in [6.07, 6.45) is 3.72. The molecule has 40 heavy (non-hydrogen) atoms. The van der Waals surface area contributed by atoms with E-state index in [1.165, 1.54) is 13.2 Å². The Labute approximate surface area is 230 Å². The molecule has 1 aliphatic carbocycles. The van der Waals surface area contributed by atoms with Crippen LogP contribution in [0.25, 0.3) is 6.08 Å². The van der Waals surface area contributed by atoms with Crippen LogP contribution in [0.4, 0.5) is 10.1 Å². The van der Waals surface area contributed by atoms with E-state index in [9.17, 15) is 14.4 Å². The van der Waals surface area contributed by atoms with Gasteiger partial charge in [0.05, 0.1) is 13.2 Å². The number of fused-ring (bicyclic) bond motifs is 5. The predicted molar refractivity (Wildman–Crippen MR) is 150 cm³/mol.